The van der Waals surface area contributed by atoms with Crippen molar-refractivity contribution in [3.8, 4) is 0 Å². The van der Waals surface area contributed by atoms with Crippen molar-refractivity contribution in [1.82, 2.24) is 5.32 Å². The van der Waals surface area contributed by atoms with Crippen LogP contribution in [0, 0.1) is 5.92 Å². The van der Waals surface area contributed by atoms with Gasteiger partial charge in [-0.05, 0) is 0 Å². The zero-order valence-corrected chi connectivity index (χ0v) is 5.92. The Bertz CT molecular complexity index is 66.0. The fourth-order valence-corrected chi connectivity index (χ4v) is 0.565. The van der Waals surface area contributed by atoms with Gasteiger partial charge < -0.3 is 15.5 Å². The molecule has 0 saturated carbocycles. The zero-order chi connectivity index (χ0) is 7.82. The molecule has 0 unspecified atom stereocenters. The molecule has 0 atom stereocenters. The first-order valence-electron chi connectivity index (χ1n) is 3.35. The first-order chi connectivity index (χ1) is 4.85. The lowest BCUT2D eigenvalue weighted by atomic mass is 10.2. The van der Waals surface area contributed by atoms with Crippen LogP contribution in [-0.4, -0.2) is 43.1 Å². The highest BCUT2D eigenvalue weighted by Crippen LogP contribution is 1.88. The molecule has 0 spiro atoms. The second kappa shape index (κ2) is 6.95. The van der Waals surface area contributed by atoms with E-state index in [0.29, 0.717) is 13.1 Å². The molecule has 0 heterocycles. The summed E-state index contributed by atoms with van der Waals surface area (Å²) in [6, 6.07) is 0. The van der Waals surface area contributed by atoms with Crippen LogP contribution < -0.4 is 5.32 Å². The maximum absolute atomic E-state index is 9.90. The van der Waals surface area contributed by atoms with E-state index < -0.39 is 0 Å². The van der Waals surface area contributed by atoms with Gasteiger partial charge in [0.05, 0.1) is 6.61 Å². The monoisotopic (exact) mass is 148 g/mol. The minimum absolute atomic E-state index is 0.0393. The molecule has 0 aliphatic rings. The summed E-state index contributed by atoms with van der Waals surface area (Å²) in [6.07, 6.45) is 0. The Labute approximate surface area is 60.5 Å². The maximum Gasteiger partial charge on any atom is 0.0946 e. The highest BCUT2D eigenvalue weighted by atomic mass is 16.3. The quantitative estimate of drug-likeness (QED) is 0.406. The van der Waals surface area contributed by atoms with Crippen molar-refractivity contribution >= 4 is 0 Å². The van der Waals surface area contributed by atoms with E-state index in [4.69, 9.17) is 10.2 Å². The van der Waals surface area contributed by atoms with Crippen LogP contribution in [0.4, 0.5) is 0 Å². The summed E-state index contributed by atoms with van der Waals surface area (Å²) < 4.78 is 0. The number of hydrogen-bond acceptors (Lipinski definition) is 3. The van der Waals surface area contributed by atoms with Crippen molar-refractivity contribution < 1.29 is 15.3 Å². The summed E-state index contributed by atoms with van der Waals surface area (Å²) in [4.78, 5) is 0. The van der Waals surface area contributed by atoms with Crippen molar-refractivity contribution in [1.29, 1.82) is 0 Å². The van der Waals surface area contributed by atoms with E-state index in [1.54, 1.807) is 0 Å². The molecule has 4 heteroatoms. The third-order valence-electron chi connectivity index (χ3n) is 1.23. The highest BCUT2D eigenvalue weighted by molar-refractivity contribution is 4.58. The summed E-state index contributed by atoms with van der Waals surface area (Å²) in [5.41, 5.74) is 0. The standard InChI is InChI=1S/C6H14NO3/c8-2-1-7-3-6(4-9)5-10/h6-7,9-10H,1-5H2. The van der Waals surface area contributed by atoms with Gasteiger partial charge in [-0.3, -0.25) is 0 Å². The maximum atomic E-state index is 9.90. The number of nitrogens with one attached hydrogen (secondary N) is 1. The van der Waals surface area contributed by atoms with Crippen molar-refractivity contribution in [2.24, 2.45) is 5.92 Å². The minimum Gasteiger partial charge on any atom is -0.396 e. The topological polar surface area (TPSA) is 72.4 Å². The first kappa shape index (κ1) is 9.84. The molecule has 0 bridgehead atoms. The molecule has 10 heavy (non-hydrogen) atoms. The van der Waals surface area contributed by atoms with E-state index in [0.717, 1.165) is 0 Å². The fraction of sp³-hybridized carbons (Fsp3) is 1.00. The van der Waals surface area contributed by atoms with E-state index in [9.17, 15) is 5.11 Å². The Hall–Kier alpha value is -0.160. The van der Waals surface area contributed by atoms with Gasteiger partial charge in [0.15, 0.2) is 0 Å². The summed E-state index contributed by atoms with van der Waals surface area (Å²) in [5.74, 6) is -0.133. The van der Waals surface area contributed by atoms with E-state index in [1.807, 2.05) is 0 Å². The van der Waals surface area contributed by atoms with Crippen LogP contribution in [0.25, 0.3) is 0 Å². The molecule has 0 aromatic heterocycles. The van der Waals surface area contributed by atoms with Crippen LogP contribution in [0.2, 0.25) is 0 Å². The molecule has 0 aromatic carbocycles. The van der Waals surface area contributed by atoms with Crippen molar-refractivity contribution in [2.45, 2.75) is 0 Å². The average molecular weight is 148 g/mol. The van der Waals surface area contributed by atoms with E-state index in [1.165, 1.54) is 0 Å². The molecule has 3 N–H and O–H groups in total. The van der Waals surface area contributed by atoms with Crippen LogP contribution in [0.1, 0.15) is 0 Å². The largest absolute Gasteiger partial charge is 0.396 e. The van der Waals surface area contributed by atoms with Gasteiger partial charge >= 0.3 is 0 Å². The van der Waals surface area contributed by atoms with E-state index in [-0.39, 0.29) is 25.7 Å². The molecule has 1 radical (unpaired) electrons. The third kappa shape index (κ3) is 4.69. The summed E-state index contributed by atoms with van der Waals surface area (Å²) in [6.45, 7) is 0.667. The lowest BCUT2D eigenvalue weighted by Gasteiger charge is -2.09. The van der Waals surface area contributed by atoms with Gasteiger partial charge in [0.25, 0.3) is 0 Å². The third-order valence-corrected chi connectivity index (χ3v) is 1.23. The summed E-state index contributed by atoms with van der Waals surface area (Å²) in [5, 5.41) is 29.8. The van der Waals surface area contributed by atoms with Gasteiger partial charge in [-0.2, -0.15) is 0 Å². The second-order valence-corrected chi connectivity index (χ2v) is 2.14. The molecular formula is C6H14NO3. The van der Waals surface area contributed by atoms with Gasteiger partial charge in [-0.25, -0.2) is 5.11 Å². The summed E-state index contributed by atoms with van der Waals surface area (Å²) >= 11 is 0. The van der Waals surface area contributed by atoms with Crippen molar-refractivity contribution in [2.75, 3.05) is 32.9 Å². The number of aliphatic hydroxyl groups is 2. The molecule has 4 nitrogen and oxygen atoms in total. The van der Waals surface area contributed by atoms with Crippen molar-refractivity contribution in [3.63, 3.8) is 0 Å². The Morgan fingerprint density at radius 1 is 1.30 bits per heavy atom. The average Bonchev–Trinajstić information content (AvgIpc) is 1.99. The first-order valence-corrected chi connectivity index (χ1v) is 3.35. The Balaban J connectivity index is 3.09. The number of aliphatic hydroxyl groups excluding tert-OH is 2. The zero-order valence-electron chi connectivity index (χ0n) is 5.92. The van der Waals surface area contributed by atoms with Crippen molar-refractivity contribution in [3.05, 3.63) is 0 Å². The molecule has 0 aliphatic heterocycles. The normalized spacial score (nSPS) is 10.8. The van der Waals surface area contributed by atoms with Gasteiger partial charge in [-0.1, -0.05) is 0 Å². The fourth-order valence-electron chi connectivity index (χ4n) is 0.565. The molecular weight excluding hydrogens is 134 g/mol. The molecule has 0 rings (SSSR count). The van der Waals surface area contributed by atoms with E-state index >= 15 is 0 Å². The molecule has 0 aliphatic carbocycles. The van der Waals surface area contributed by atoms with Crippen LogP contribution in [0.15, 0.2) is 0 Å². The molecule has 0 amide bonds. The summed E-state index contributed by atoms with van der Waals surface area (Å²) in [7, 11) is 0. The van der Waals surface area contributed by atoms with Crippen LogP contribution in [0.5, 0.6) is 0 Å². The van der Waals surface area contributed by atoms with Crippen LogP contribution >= 0.6 is 0 Å². The SMILES string of the molecule is [O]CCNCC(CO)CO. The Kier molecular flexibility index (Phi) is 6.84. The highest BCUT2D eigenvalue weighted by Gasteiger charge is 2.03. The Morgan fingerprint density at radius 3 is 2.30 bits per heavy atom. The van der Waals surface area contributed by atoms with Gasteiger partial charge in [-0.15, -0.1) is 0 Å². The smallest absolute Gasteiger partial charge is 0.0946 e. The second-order valence-electron chi connectivity index (χ2n) is 2.14. The molecule has 0 fully saturated rings. The molecule has 0 saturated heterocycles. The molecule has 0 aromatic rings. The van der Waals surface area contributed by atoms with Gasteiger partial charge in [0.1, 0.15) is 0 Å². The minimum atomic E-state index is -0.163. The lowest BCUT2D eigenvalue weighted by molar-refractivity contribution is 0.142. The number of rotatable bonds is 6. The Morgan fingerprint density at radius 2 is 1.90 bits per heavy atom. The van der Waals surface area contributed by atoms with Crippen LogP contribution in [-0.2, 0) is 5.11 Å². The number of hydrogen-bond donors (Lipinski definition) is 3. The van der Waals surface area contributed by atoms with Gasteiger partial charge in [0.2, 0.25) is 0 Å². The lowest BCUT2D eigenvalue weighted by Crippen LogP contribution is -2.29. The van der Waals surface area contributed by atoms with Crippen LogP contribution in [0.3, 0.4) is 0 Å². The van der Waals surface area contributed by atoms with E-state index in [2.05, 4.69) is 5.32 Å². The van der Waals surface area contributed by atoms with Gasteiger partial charge in [0, 0.05) is 32.2 Å². The predicted molar refractivity (Wildman–Crippen MR) is 36.1 cm³/mol. The molecule has 61 valence electrons. The predicted octanol–water partition coefficient (Wildman–Crippen LogP) is -1.39.